The Morgan fingerprint density at radius 1 is 1.38 bits per heavy atom. The lowest BCUT2D eigenvalue weighted by atomic mass is 10.0. The van der Waals surface area contributed by atoms with Crippen molar-refractivity contribution in [1.82, 2.24) is 10.3 Å². The minimum Gasteiger partial charge on any atom is -0.480 e. The van der Waals surface area contributed by atoms with E-state index in [1.807, 2.05) is 30.5 Å². The second kappa shape index (κ2) is 6.41. The van der Waals surface area contributed by atoms with Gasteiger partial charge in [0.25, 0.3) is 0 Å². The van der Waals surface area contributed by atoms with Crippen molar-refractivity contribution in [3.63, 3.8) is 0 Å². The van der Waals surface area contributed by atoms with Crippen LogP contribution in [0.3, 0.4) is 0 Å². The fraction of sp³-hybridized carbons (Fsp3) is 0.333. The molecular weight excluding hydrogens is 270 g/mol. The summed E-state index contributed by atoms with van der Waals surface area (Å²) in [7, 11) is 0. The Labute approximate surface area is 122 Å². The number of para-hydroxylation sites is 1. The smallest absolute Gasteiger partial charge is 0.326 e. The molecule has 1 heterocycles. The number of fused-ring (bicyclic) bond motifs is 1. The Balaban J connectivity index is 2.05. The first kappa shape index (κ1) is 15.1. The summed E-state index contributed by atoms with van der Waals surface area (Å²) in [6.45, 7) is 1.70. The highest BCUT2D eigenvalue weighted by Gasteiger charge is 2.22. The molecule has 0 aliphatic rings. The Bertz CT molecular complexity index is 650. The molecule has 0 bridgehead atoms. The number of benzene rings is 1. The lowest BCUT2D eigenvalue weighted by molar-refractivity contribution is -0.142. The lowest BCUT2D eigenvalue weighted by Gasteiger charge is -2.16. The molecule has 1 unspecified atom stereocenters. The molecule has 0 fully saturated rings. The number of carboxylic acid groups (broad SMARTS) is 1. The van der Waals surface area contributed by atoms with E-state index in [0.717, 1.165) is 16.5 Å². The Kier molecular flexibility index (Phi) is 4.59. The third kappa shape index (κ3) is 3.41. The topological polar surface area (TPSA) is 108 Å². The van der Waals surface area contributed by atoms with E-state index in [2.05, 4.69) is 10.3 Å². The number of aromatic nitrogens is 1. The summed E-state index contributed by atoms with van der Waals surface area (Å²) in [4.78, 5) is 26.0. The van der Waals surface area contributed by atoms with Gasteiger partial charge in [-0.05, 0) is 24.5 Å². The van der Waals surface area contributed by atoms with E-state index in [0.29, 0.717) is 12.8 Å². The summed E-state index contributed by atoms with van der Waals surface area (Å²) in [6.07, 6.45) is 2.50. The largest absolute Gasteiger partial charge is 0.480 e. The molecule has 0 saturated carbocycles. The van der Waals surface area contributed by atoms with Crippen molar-refractivity contribution in [3.05, 3.63) is 36.0 Å². The minimum atomic E-state index is -1.05. The number of hydrogen-bond donors (Lipinski definition) is 4. The van der Waals surface area contributed by atoms with E-state index in [9.17, 15) is 9.59 Å². The van der Waals surface area contributed by atoms with Gasteiger partial charge in [-0.1, -0.05) is 25.1 Å². The van der Waals surface area contributed by atoms with Crippen LogP contribution in [0.15, 0.2) is 30.5 Å². The third-order valence-corrected chi connectivity index (χ3v) is 3.47. The second-order valence-corrected chi connectivity index (χ2v) is 4.98. The van der Waals surface area contributed by atoms with Crippen LogP contribution in [-0.4, -0.2) is 34.1 Å². The third-order valence-electron chi connectivity index (χ3n) is 3.47. The van der Waals surface area contributed by atoms with E-state index in [1.54, 1.807) is 6.92 Å². The van der Waals surface area contributed by atoms with Crippen molar-refractivity contribution in [2.75, 3.05) is 0 Å². The second-order valence-electron chi connectivity index (χ2n) is 4.98. The van der Waals surface area contributed by atoms with Crippen LogP contribution in [0.1, 0.15) is 18.9 Å². The van der Waals surface area contributed by atoms with Gasteiger partial charge in [-0.2, -0.15) is 0 Å². The molecule has 21 heavy (non-hydrogen) atoms. The van der Waals surface area contributed by atoms with Crippen LogP contribution in [0, 0.1) is 0 Å². The molecule has 2 atom stereocenters. The molecule has 6 heteroatoms. The molecule has 0 aliphatic carbocycles. The molecule has 0 spiro atoms. The molecule has 2 rings (SSSR count). The van der Waals surface area contributed by atoms with Gasteiger partial charge in [0.05, 0.1) is 6.04 Å². The number of carboxylic acids is 1. The van der Waals surface area contributed by atoms with Crippen molar-refractivity contribution < 1.29 is 14.7 Å². The number of amides is 1. The summed E-state index contributed by atoms with van der Waals surface area (Å²) in [5.74, 6) is -1.50. The summed E-state index contributed by atoms with van der Waals surface area (Å²) in [6, 6.07) is 6.07. The van der Waals surface area contributed by atoms with Gasteiger partial charge in [0.2, 0.25) is 5.91 Å². The van der Waals surface area contributed by atoms with Crippen LogP contribution < -0.4 is 11.1 Å². The van der Waals surface area contributed by atoms with Gasteiger partial charge in [0, 0.05) is 17.1 Å². The zero-order valence-corrected chi connectivity index (χ0v) is 11.8. The monoisotopic (exact) mass is 289 g/mol. The van der Waals surface area contributed by atoms with Gasteiger partial charge >= 0.3 is 5.97 Å². The predicted molar refractivity (Wildman–Crippen MR) is 79.8 cm³/mol. The molecule has 1 aromatic heterocycles. The van der Waals surface area contributed by atoms with Crippen LogP contribution in [-0.2, 0) is 16.0 Å². The van der Waals surface area contributed by atoms with Crippen molar-refractivity contribution in [2.24, 2.45) is 5.73 Å². The quantitative estimate of drug-likeness (QED) is 0.636. The Morgan fingerprint density at radius 3 is 2.76 bits per heavy atom. The molecule has 6 nitrogen and oxygen atoms in total. The molecule has 5 N–H and O–H groups in total. The predicted octanol–water partition coefficient (Wildman–Crippen LogP) is 1.02. The first-order valence-corrected chi connectivity index (χ1v) is 6.86. The standard InChI is InChI=1S/C15H19N3O3/c1-2-12(15(20)21)18-14(19)11(16)7-9-8-17-13-6-4-3-5-10(9)13/h3-6,8,11-12,17H,2,7,16H2,1H3,(H,18,19)(H,20,21)/t11?,12-/m1/s1. The molecule has 0 aliphatic heterocycles. The summed E-state index contributed by atoms with van der Waals surface area (Å²) >= 11 is 0. The first-order chi connectivity index (χ1) is 10.0. The molecule has 112 valence electrons. The van der Waals surface area contributed by atoms with E-state index in [4.69, 9.17) is 10.8 Å². The fourth-order valence-electron chi connectivity index (χ4n) is 2.25. The number of H-pyrrole nitrogens is 1. The molecule has 0 saturated heterocycles. The molecule has 2 aromatic rings. The lowest BCUT2D eigenvalue weighted by Crippen LogP contribution is -2.48. The molecule has 0 radical (unpaired) electrons. The van der Waals surface area contributed by atoms with E-state index in [1.165, 1.54) is 0 Å². The average molecular weight is 289 g/mol. The minimum absolute atomic E-state index is 0.320. The van der Waals surface area contributed by atoms with Crippen LogP contribution in [0.25, 0.3) is 10.9 Å². The maximum atomic E-state index is 12.0. The van der Waals surface area contributed by atoms with E-state index < -0.39 is 24.0 Å². The van der Waals surface area contributed by atoms with Crippen LogP contribution >= 0.6 is 0 Å². The number of aromatic amines is 1. The highest BCUT2D eigenvalue weighted by molar-refractivity contribution is 5.88. The molecule has 1 amide bonds. The number of nitrogens with one attached hydrogen (secondary N) is 2. The Morgan fingerprint density at radius 2 is 2.10 bits per heavy atom. The Hall–Kier alpha value is -2.34. The van der Waals surface area contributed by atoms with Crippen molar-refractivity contribution in [2.45, 2.75) is 31.8 Å². The zero-order chi connectivity index (χ0) is 15.4. The number of carbonyl (C=O) groups excluding carboxylic acids is 1. The summed E-state index contributed by atoms with van der Waals surface area (Å²) in [5, 5.41) is 12.4. The number of hydrogen-bond acceptors (Lipinski definition) is 3. The van der Waals surface area contributed by atoms with Crippen LogP contribution in [0.5, 0.6) is 0 Å². The van der Waals surface area contributed by atoms with Crippen molar-refractivity contribution in [3.8, 4) is 0 Å². The van der Waals surface area contributed by atoms with Crippen molar-refractivity contribution in [1.29, 1.82) is 0 Å². The summed E-state index contributed by atoms with van der Waals surface area (Å²) in [5.41, 5.74) is 7.81. The summed E-state index contributed by atoms with van der Waals surface area (Å²) < 4.78 is 0. The normalized spacial score (nSPS) is 13.8. The van der Waals surface area contributed by atoms with Crippen LogP contribution in [0.2, 0.25) is 0 Å². The first-order valence-electron chi connectivity index (χ1n) is 6.86. The average Bonchev–Trinajstić information content (AvgIpc) is 2.87. The number of carbonyl (C=O) groups is 2. The fourth-order valence-corrected chi connectivity index (χ4v) is 2.25. The number of rotatable bonds is 6. The molecule has 1 aromatic carbocycles. The van der Waals surface area contributed by atoms with Gasteiger partial charge in [-0.25, -0.2) is 4.79 Å². The highest BCUT2D eigenvalue weighted by Crippen LogP contribution is 2.18. The van der Waals surface area contributed by atoms with Crippen LogP contribution in [0.4, 0.5) is 0 Å². The van der Waals surface area contributed by atoms with Gasteiger partial charge < -0.3 is 21.1 Å². The van der Waals surface area contributed by atoms with Gasteiger partial charge in [0.15, 0.2) is 0 Å². The SMILES string of the molecule is CC[C@@H](NC(=O)C(N)Cc1c[nH]c2ccccc12)C(=O)O. The molecular formula is C15H19N3O3. The van der Waals surface area contributed by atoms with E-state index >= 15 is 0 Å². The zero-order valence-electron chi connectivity index (χ0n) is 11.8. The van der Waals surface area contributed by atoms with Gasteiger partial charge in [0.1, 0.15) is 6.04 Å². The number of nitrogens with two attached hydrogens (primary N) is 1. The maximum absolute atomic E-state index is 12.0. The van der Waals surface area contributed by atoms with Crippen molar-refractivity contribution >= 4 is 22.8 Å². The maximum Gasteiger partial charge on any atom is 0.326 e. The van der Waals surface area contributed by atoms with Gasteiger partial charge in [-0.3, -0.25) is 4.79 Å². The number of aliphatic carboxylic acids is 1. The highest BCUT2D eigenvalue weighted by atomic mass is 16.4. The van der Waals surface area contributed by atoms with Gasteiger partial charge in [-0.15, -0.1) is 0 Å². The van der Waals surface area contributed by atoms with E-state index in [-0.39, 0.29) is 0 Å².